The zero-order valence-electron chi connectivity index (χ0n) is 51.8. The largest absolute Gasteiger partial charge is 0.310 e. The van der Waals surface area contributed by atoms with Gasteiger partial charge in [0.25, 0.3) is 6.71 Å². The van der Waals surface area contributed by atoms with E-state index in [1.165, 1.54) is 121 Å². The maximum absolute atomic E-state index is 2.72. The van der Waals surface area contributed by atoms with Gasteiger partial charge in [0, 0.05) is 71.7 Å². The molecule has 440 valence electrons. The number of hydrogen-bond donors (Lipinski definition) is 0. The van der Waals surface area contributed by atoms with Gasteiger partial charge in [-0.05, 0) is 145 Å². The van der Waals surface area contributed by atoms with Crippen LogP contribution in [-0.2, 0) is 0 Å². The summed E-state index contributed by atoms with van der Waals surface area (Å²) in [5, 5.41) is 7.23. The number of hydrogen-bond acceptors (Lipinski definition) is 1. The lowest BCUT2D eigenvalue weighted by molar-refractivity contribution is 1.13. The van der Waals surface area contributed by atoms with Crippen molar-refractivity contribution < 1.29 is 0 Å². The van der Waals surface area contributed by atoms with E-state index in [0.717, 1.165) is 61.7 Å². The molecule has 5 heteroatoms. The van der Waals surface area contributed by atoms with E-state index in [1.54, 1.807) is 0 Å². The second-order valence-electron chi connectivity index (χ2n) is 25.5. The van der Waals surface area contributed by atoms with Gasteiger partial charge in [-0.3, -0.25) is 0 Å². The smallest absolute Gasteiger partial charge is 0.252 e. The molecule has 5 heterocycles. The van der Waals surface area contributed by atoms with Crippen LogP contribution in [0.2, 0.25) is 0 Å². The van der Waals surface area contributed by atoms with Crippen LogP contribution in [0.25, 0.3) is 149 Å². The Morgan fingerprint density at radius 1 is 0.211 bits per heavy atom. The first-order valence-corrected chi connectivity index (χ1v) is 32.9. The van der Waals surface area contributed by atoms with E-state index in [1.807, 2.05) is 0 Å². The highest BCUT2D eigenvalue weighted by molar-refractivity contribution is 7.00. The molecule has 0 radical (unpaired) electrons. The predicted molar refractivity (Wildman–Crippen MR) is 401 cm³/mol. The quantitative estimate of drug-likeness (QED) is 0.132. The maximum atomic E-state index is 2.72. The zero-order valence-corrected chi connectivity index (χ0v) is 51.8. The number of nitrogens with zero attached hydrogens (tertiary/aromatic N) is 4. The molecule has 95 heavy (non-hydrogen) atoms. The Hall–Kier alpha value is -12.4. The molecular formula is C90H57BN4. The minimum absolute atomic E-state index is 0.257. The van der Waals surface area contributed by atoms with E-state index in [9.17, 15) is 0 Å². The molecule has 2 aliphatic heterocycles. The summed E-state index contributed by atoms with van der Waals surface area (Å²) in [6.45, 7) is -0.257. The van der Waals surface area contributed by atoms with Gasteiger partial charge in [-0.2, -0.15) is 0 Å². The molecule has 0 saturated heterocycles. The summed E-state index contributed by atoms with van der Waals surface area (Å²) in [5.41, 5.74) is 31.7. The van der Waals surface area contributed by atoms with E-state index < -0.39 is 0 Å². The first-order valence-electron chi connectivity index (χ1n) is 32.9. The van der Waals surface area contributed by atoms with E-state index in [0.29, 0.717) is 0 Å². The Morgan fingerprint density at radius 3 is 1.20 bits per heavy atom. The van der Waals surface area contributed by atoms with Gasteiger partial charge in [0.1, 0.15) is 0 Å². The van der Waals surface area contributed by atoms with Crippen LogP contribution in [0.5, 0.6) is 0 Å². The molecule has 3 aromatic heterocycles. The molecule has 0 atom stereocenters. The van der Waals surface area contributed by atoms with Gasteiger partial charge in [-0.15, -0.1) is 0 Å². The third-order valence-corrected chi connectivity index (χ3v) is 20.4. The van der Waals surface area contributed by atoms with Gasteiger partial charge >= 0.3 is 0 Å². The summed E-state index contributed by atoms with van der Waals surface area (Å²) >= 11 is 0. The highest BCUT2D eigenvalue weighted by Crippen LogP contribution is 2.53. The molecule has 0 aliphatic carbocycles. The van der Waals surface area contributed by atoms with Gasteiger partial charge < -0.3 is 18.6 Å². The Labute approximate surface area is 550 Å². The topological polar surface area (TPSA) is 18.0 Å². The Balaban J connectivity index is 0.993. The number of anilines is 3. The average molecular weight is 1210 g/mol. The fraction of sp³-hybridized carbons (Fsp3) is 0. The van der Waals surface area contributed by atoms with Crippen molar-refractivity contribution in [2.24, 2.45) is 0 Å². The van der Waals surface area contributed by atoms with Crippen molar-refractivity contribution in [1.29, 1.82) is 0 Å². The van der Waals surface area contributed by atoms with Crippen molar-refractivity contribution in [3.05, 3.63) is 346 Å². The number of fused-ring (bicyclic) bond motifs is 14. The second kappa shape index (κ2) is 21.1. The first-order chi connectivity index (χ1) is 47.2. The second-order valence-corrected chi connectivity index (χ2v) is 25.5. The molecule has 4 nitrogen and oxygen atoms in total. The van der Waals surface area contributed by atoms with Gasteiger partial charge in [0.05, 0.1) is 39.0 Å². The molecular weight excluding hydrogens is 1150 g/mol. The van der Waals surface area contributed by atoms with Crippen LogP contribution < -0.4 is 21.3 Å². The van der Waals surface area contributed by atoms with Crippen molar-refractivity contribution in [3.63, 3.8) is 0 Å². The third-order valence-electron chi connectivity index (χ3n) is 20.4. The summed E-state index contributed by atoms with van der Waals surface area (Å²) in [4.78, 5) is 2.72. The lowest BCUT2D eigenvalue weighted by Crippen LogP contribution is -2.60. The summed E-state index contributed by atoms with van der Waals surface area (Å²) in [6, 6.07) is 129. The molecule has 2 aliphatic rings. The van der Waals surface area contributed by atoms with E-state index in [-0.39, 0.29) is 6.71 Å². The molecule has 15 aromatic carbocycles. The highest BCUT2D eigenvalue weighted by atomic mass is 15.2. The van der Waals surface area contributed by atoms with Crippen LogP contribution in [0.1, 0.15) is 0 Å². The standard InChI is InChI=1S/C90H57BN4/c1-7-24-58(25-8-1)62-42-46-64(47-43-62)70-38-23-39-71(65-48-44-63(45-49-65)59-26-9-2-10-27-59)87(70)94-84-55-75-72-36-19-21-40-80(72)92(68-32-15-5-16-33-68)83(75)57-78(84)91-79-54-67(61-30-13-4-14-31-61)53-76-74-52-66(60-28-11-3-12-29-60)50-51-82(74)95(88(76)79)90-86(91)85(94)56-77-73-37-20-22-41-81(73)93(89(77)90)69-34-17-6-18-35-69/h1-57H. The van der Waals surface area contributed by atoms with Crippen LogP contribution >= 0.6 is 0 Å². The van der Waals surface area contributed by atoms with Gasteiger partial charge in [0.15, 0.2) is 0 Å². The maximum Gasteiger partial charge on any atom is 0.252 e. The summed E-state index contributed by atoms with van der Waals surface area (Å²) in [5.74, 6) is 0. The minimum atomic E-state index is -0.257. The number of benzene rings is 15. The lowest BCUT2D eigenvalue weighted by Gasteiger charge is -2.42. The molecule has 0 spiro atoms. The van der Waals surface area contributed by atoms with Crippen molar-refractivity contribution >= 4 is 106 Å². The summed E-state index contributed by atoms with van der Waals surface area (Å²) in [7, 11) is 0. The van der Waals surface area contributed by atoms with Crippen LogP contribution in [0.4, 0.5) is 17.1 Å². The molecule has 0 saturated carbocycles. The molecule has 0 amide bonds. The number of aromatic nitrogens is 3. The fourth-order valence-corrected chi connectivity index (χ4v) is 16.2. The molecule has 0 unspecified atom stereocenters. The first kappa shape index (κ1) is 53.2. The van der Waals surface area contributed by atoms with Crippen LogP contribution in [0, 0.1) is 0 Å². The van der Waals surface area contributed by atoms with Crippen molar-refractivity contribution in [2.75, 3.05) is 4.90 Å². The molecule has 0 fully saturated rings. The molecule has 20 rings (SSSR count). The predicted octanol–water partition coefficient (Wildman–Crippen LogP) is 21.6. The average Bonchev–Trinajstić information content (AvgIpc) is 1.59. The number of para-hydroxylation sites is 5. The van der Waals surface area contributed by atoms with Crippen molar-refractivity contribution in [1.82, 2.24) is 13.7 Å². The van der Waals surface area contributed by atoms with Gasteiger partial charge in [-0.1, -0.05) is 273 Å². The zero-order chi connectivity index (χ0) is 62.2. The van der Waals surface area contributed by atoms with Crippen LogP contribution in [0.15, 0.2) is 346 Å². The minimum Gasteiger partial charge on any atom is -0.310 e. The number of rotatable bonds is 9. The van der Waals surface area contributed by atoms with Gasteiger partial charge in [-0.25, -0.2) is 0 Å². The lowest BCUT2D eigenvalue weighted by atomic mass is 9.33. The Morgan fingerprint density at radius 2 is 0.621 bits per heavy atom. The van der Waals surface area contributed by atoms with E-state index in [2.05, 4.69) is 364 Å². The third kappa shape index (κ3) is 8.09. The molecule has 0 N–H and O–H groups in total. The normalized spacial score (nSPS) is 12.4. The molecule has 0 bridgehead atoms. The van der Waals surface area contributed by atoms with Crippen molar-refractivity contribution in [3.8, 4) is 83.8 Å². The highest BCUT2D eigenvalue weighted by Gasteiger charge is 2.46. The molecule has 18 aromatic rings. The van der Waals surface area contributed by atoms with E-state index >= 15 is 0 Å². The van der Waals surface area contributed by atoms with Gasteiger partial charge in [0.2, 0.25) is 0 Å². The monoisotopic (exact) mass is 1200 g/mol. The summed E-state index contributed by atoms with van der Waals surface area (Å²) < 4.78 is 7.76. The van der Waals surface area contributed by atoms with Crippen molar-refractivity contribution in [2.45, 2.75) is 0 Å². The van der Waals surface area contributed by atoms with Crippen LogP contribution in [0.3, 0.4) is 0 Å². The summed E-state index contributed by atoms with van der Waals surface area (Å²) in [6.07, 6.45) is 0. The fourth-order valence-electron chi connectivity index (χ4n) is 16.2. The Bertz CT molecular complexity index is 5990. The SMILES string of the molecule is c1ccc(-c2ccc(-c3cccc(-c4ccc(-c5ccccc5)cc4)c3N3c4cc5c6ccccc6n(-c6ccccc6)c5cc4B4c5c3cc3c6ccccc6n(-c6ccccc6)c3c5-n3c5ccc(-c6ccccc6)cc5c5cc(-c6ccccc6)cc4c53)cc2)cc1. The Kier molecular flexibility index (Phi) is 11.8. The van der Waals surface area contributed by atoms with Crippen LogP contribution in [-0.4, -0.2) is 20.4 Å². The van der Waals surface area contributed by atoms with E-state index in [4.69, 9.17) is 0 Å².